The van der Waals surface area contributed by atoms with E-state index in [0.717, 1.165) is 12.8 Å². The summed E-state index contributed by atoms with van der Waals surface area (Å²) in [5, 5.41) is 11.3. The number of benzene rings is 1. The third-order valence-electron chi connectivity index (χ3n) is 2.17. The van der Waals surface area contributed by atoms with Gasteiger partial charge in [-0.2, -0.15) is 5.26 Å². The van der Waals surface area contributed by atoms with Crippen molar-refractivity contribution in [2.24, 2.45) is 0 Å². The van der Waals surface area contributed by atoms with Crippen molar-refractivity contribution in [3.63, 3.8) is 0 Å². The van der Waals surface area contributed by atoms with E-state index in [0.29, 0.717) is 17.9 Å². The highest BCUT2D eigenvalue weighted by atomic mass is 16.5. The summed E-state index contributed by atoms with van der Waals surface area (Å²) in [4.78, 5) is 11.4. The van der Waals surface area contributed by atoms with Crippen molar-refractivity contribution >= 4 is 11.6 Å². The van der Waals surface area contributed by atoms with Crippen molar-refractivity contribution in [3.8, 4) is 6.07 Å². The van der Waals surface area contributed by atoms with Gasteiger partial charge in [0.15, 0.2) is 0 Å². The number of nitriles is 1. The van der Waals surface area contributed by atoms with E-state index < -0.39 is 0 Å². The summed E-state index contributed by atoms with van der Waals surface area (Å²) in [6.07, 6.45) is 2.02. The van der Waals surface area contributed by atoms with Crippen molar-refractivity contribution in [1.82, 2.24) is 0 Å². The van der Waals surface area contributed by atoms with E-state index in [4.69, 9.17) is 10.00 Å². The summed E-state index contributed by atoms with van der Waals surface area (Å²) in [6, 6.07) is 8.73. The first-order valence-corrected chi connectivity index (χ1v) is 5.64. The number of nitrogens with one attached hydrogen (secondary N) is 1. The molecule has 90 valence electrons. The maximum atomic E-state index is 11.4. The lowest BCUT2D eigenvalue weighted by Crippen LogP contribution is -2.18. The number of unbranched alkanes of at least 4 members (excludes halogenated alkanes) is 1. The molecule has 0 fully saturated rings. The lowest BCUT2D eigenvalue weighted by Gasteiger charge is -2.05. The van der Waals surface area contributed by atoms with Crippen LogP contribution in [0.5, 0.6) is 0 Å². The smallest absolute Gasteiger partial charge is 0.250 e. The number of ether oxygens (including phenoxy) is 1. The third kappa shape index (κ3) is 5.14. The van der Waals surface area contributed by atoms with Crippen LogP contribution in [0.15, 0.2) is 24.3 Å². The zero-order valence-electron chi connectivity index (χ0n) is 9.90. The molecule has 0 atom stereocenters. The molecule has 0 bridgehead atoms. The SMILES string of the molecule is CCCCOCC(=O)Nc1ccc(C#N)cc1. The summed E-state index contributed by atoms with van der Waals surface area (Å²) in [7, 11) is 0. The van der Waals surface area contributed by atoms with Gasteiger partial charge in [-0.1, -0.05) is 13.3 Å². The van der Waals surface area contributed by atoms with Gasteiger partial charge in [0, 0.05) is 12.3 Å². The molecule has 1 amide bonds. The Morgan fingerprint density at radius 1 is 1.41 bits per heavy atom. The van der Waals surface area contributed by atoms with Crippen molar-refractivity contribution < 1.29 is 9.53 Å². The lowest BCUT2D eigenvalue weighted by atomic mass is 10.2. The minimum atomic E-state index is -0.175. The summed E-state index contributed by atoms with van der Waals surface area (Å²) in [5.74, 6) is -0.175. The van der Waals surface area contributed by atoms with E-state index >= 15 is 0 Å². The molecule has 1 aromatic carbocycles. The van der Waals surface area contributed by atoms with Crippen LogP contribution in [0.25, 0.3) is 0 Å². The first-order chi connectivity index (χ1) is 8.26. The Balaban J connectivity index is 2.32. The number of rotatable bonds is 6. The quantitative estimate of drug-likeness (QED) is 0.765. The fourth-order valence-electron chi connectivity index (χ4n) is 1.24. The molecule has 17 heavy (non-hydrogen) atoms. The molecule has 0 radical (unpaired) electrons. The van der Waals surface area contributed by atoms with Gasteiger partial charge >= 0.3 is 0 Å². The predicted molar refractivity (Wildman–Crippen MR) is 65.5 cm³/mol. The summed E-state index contributed by atoms with van der Waals surface area (Å²) in [5.41, 5.74) is 1.25. The van der Waals surface area contributed by atoms with Gasteiger partial charge in [0.2, 0.25) is 5.91 Å². The van der Waals surface area contributed by atoms with E-state index in [1.54, 1.807) is 24.3 Å². The first kappa shape index (κ1) is 13.2. The monoisotopic (exact) mass is 232 g/mol. The minimum absolute atomic E-state index is 0.0694. The van der Waals surface area contributed by atoms with E-state index in [1.807, 2.05) is 6.07 Å². The fourth-order valence-corrected chi connectivity index (χ4v) is 1.24. The number of nitrogens with zero attached hydrogens (tertiary/aromatic N) is 1. The van der Waals surface area contributed by atoms with Gasteiger partial charge in [-0.15, -0.1) is 0 Å². The Morgan fingerprint density at radius 3 is 2.71 bits per heavy atom. The molecule has 0 heterocycles. The third-order valence-corrected chi connectivity index (χ3v) is 2.17. The van der Waals surface area contributed by atoms with E-state index in [1.165, 1.54) is 0 Å². The second kappa shape index (κ2) is 7.42. The van der Waals surface area contributed by atoms with Crippen LogP contribution in [0.1, 0.15) is 25.3 Å². The molecule has 4 heteroatoms. The molecule has 0 aliphatic heterocycles. The second-order valence-electron chi connectivity index (χ2n) is 3.64. The standard InChI is InChI=1S/C13H16N2O2/c1-2-3-8-17-10-13(16)15-12-6-4-11(9-14)5-7-12/h4-7H,2-3,8,10H2,1H3,(H,15,16). The van der Waals surface area contributed by atoms with Gasteiger partial charge < -0.3 is 10.1 Å². The predicted octanol–water partition coefficient (Wildman–Crippen LogP) is 2.31. The van der Waals surface area contributed by atoms with Crippen LogP contribution in [0.3, 0.4) is 0 Å². The Labute approximate surface area is 101 Å². The summed E-state index contributed by atoms with van der Waals surface area (Å²) >= 11 is 0. The number of carbonyl (C=O) groups excluding carboxylic acids is 1. The largest absolute Gasteiger partial charge is 0.372 e. The molecule has 1 N–H and O–H groups in total. The molecular weight excluding hydrogens is 216 g/mol. The van der Waals surface area contributed by atoms with Crippen LogP contribution in [0.2, 0.25) is 0 Å². The number of anilines is 1. The van der Waals surface area contributed by atoms with Gasteiger partial charge in [0.05, 0.1) is 11.6 Å². The molecule has 4 nitrogen and oxygen atoms in total. The second-order valence-corrected chi connectivity index (χ2v) is 3.64. The van der Waals surface area contributed by atoms with Crippen molar-refractivity contribution in [1.29, 1.82) is 5.26 Å². The molecule has 0 spiro atoms. The van der Waals surface area contributed by atoms with Crippen molar-refractivity contribution in [2.45, 2.75) is 19.8 Å². The highest BCUT2D eigenvalue weighted by molar-refractivity contribution is 5.91. The molecule has 0 aliphatic carbocycles. The summed E-state index contributed by atoms with van der Waals surface area (Å²) in [6.45, 7) is 2.75. The van der Waals surface area contributed by atoms with Crippen molar-refractivity contribution in [3.05, 3.63) is 29.8 Å². The molecule has 0 saturated carbocycles. The highest BCUT2D eigenvalue weighted by Gasteiger charge is 2.02. The van der Waals surface area contributed by atoms with Crippen LogP contribution in [-0.4, -0.2) is 19.1 Å². The van der Waals surface area contributed by atoms with Gasteiger partial charge in [0.1, 0.15) is 6.61 Å². The van der Waals surface area contributed by atoms with Crippen LogP contribution >= 0.6 is 0 Å². The topological polar surface area (TPSA) is 62.1 Å². The van der Waals surface area contributed by atoms with Gasteiger partial charge in [-0.3, -0.25) is 4.79 Å². The number of amides is 1. The molecule has 0 saturated heterocycles. The number of hydrogen-bond acceptors (Lipinski definition) is 3. The van der Waals surface area contributed by atoms with Crippen LogP contribution in [-0.2, 0) is 9.53 Å². The zero-order chi connectivity index (χ0) is 12.5. The zero-order valence-corrected chi connectivity index (χ0v) is 9.90. The molecule has 1 rings (SSSR count). The molecular formula is C13H16N2O2. The van der Waals surface area contributed by atoms with E-state index in [9.17, 15) is 4.79 Å². The van der Waals surface area contributed by atoms with Crippen LogP contribution in [0.4, 0.5) is 5.69 Å². The Bertz CT molecular complexity index is 393. The van der Waals surface area contributed by atoms with Crippen molar-refractivity contribution in [2.75, 3.05) is 18.5 Å². The van der Waals surface area contributed by atoms with E-state index in [-0.39, 0.29) is 12.5 Å². The number of hydrogen-bond donors (Lipinski definition) is 1. The van der Waals surface area contributed by atoms with E-state index in [2.05, 4.69) is 12.2 Å². The Hall–Kier alpha value is -1.86. The average molecular weight is 232 g/mol. The minimum Gasteiger partial charge on any atom is -0.372 e. The first-order valence-electron chi connectivity index (χ1n) is 5.64. The molecule has 0 aromatic heterocycles. The highest BCUT2D eigenvalue weighted by Crippen LogP contribution is 2.08. The lowest BCUT2D eigenvalue weighted by molar-refractivity contribution is -0.120. The van der Waals surface area contributed by atoms with Crippen LogP contribution < -0.4 is 5.32 Å². The fraction of sp³-hybridized carbons (Fsp3) is 0.385. The molecule has 0 aliphatic rings. The molecule has 0 unspecified atom stereocenters. The van der Waals surface area contributed by atoms with Gasteiger partial charge in [-0.25, -0.2) is 0 Å². The van der Waals surface area contributed by atoms with Gasteiger partial charge in [-0.05, 0) is 30.7 Å². The van der Waals surface area contributed by atoms with Gasteiger partial charge in [0.25, 0.3) is 0 Å². The normalized spacial score (nSPS) is 9.65. The van der Waals surface area contributed by atoms with Crippen LogP contribution in [0, 0.1) is 11.3 Å². The molecule has 1 aromatic rings. The average Bonchev–Trinajstić information content (AvgIpc) is 2.36. The Kier molecular flexibility index (Phi) is 5.76. The maximum Gasteiger partial charge on any atom is 0.250 e. The maximum absolute atomic E-state index is 11.4. The Morgan fingerprint density at radius 2 is 2.12 bits per heavy atom. The number of carbonyl (C=O) groups is 1. The summed E-state index contributed by atoms with van der Waals surface area (Å²) < 4.78 is 5.19.